The van der Waals surface area contributed by atoms with Crippen molar-refractivity contribution in [3.8, 4) is 0 Å². The monoisotopic (exact) mass is 268 g/mol. The first-order valence-corrected chi connectivity index (χ1v) is 7.28. The van der Waals surface area contributed by atoms with Gasteiger partial charge in [0, 0.05) is 12.6 Å². The van der Waals surface area contributed by atoms with E-state index in [1.165, 1.54) is 7.11 Å². The van der Waals surface area contributed by atoms with Gasteiger partial charge in [-0.3, -0.25) is 14.5 Å². The first kappa shape index (κ1) is 14.3. The van der Waals surface area contributed by atoms with Crippen LogP contribution in [0.2, 0.25) is 0 Å². The number of hydrogen-bond donors (Lipinski definition) is 0. The van der Waals surface area contributed by atoms with Gasteiger partial charge in [-0.25, -0.2) is 0 Å². The van der Waals surface area contributed by atoms with Gasteiger partial charge < -0.3 is 9.64 Å². The van der Waals surface area contributed by atoms with Gasteiger partial charge in [-0.1, -0.05) is 6.42 Å². The van der Waals surface area contributed by atoms with Crippen LogP contribution in [-0.4, -0.2) is 60.5 Å². The SMILES string of the molecule is CCN(C(=O)CN1CCCCC1C(=O)OC)C1CC1. The van der Waals surface area contributed by atoms with Crippen molar-refractivity contribution in [3.05, 3.63) is 0 Å². The Balaban J connectivity index is 1.94. The average molecular weight is 268 g/mol. The van der Waals surface area contributed by atoms with E-state index < -0.39 is 0 Å². The molecule has 0 aromatic rings. The Morgan fingerprint density at radius 2 is 2.00 bits per heavy atom. The number of esters is 1. The Morgan fingerprint density at radius 1 is 1.26 bits per heavy atom. The molecule has 5 heteroatoms. The van der Waals surface area contributed by atoms with Gasteiger partial charge in [0.25, 0.3) is 0 Å². The molecule has 1 unspecified atom stereocenters. The largest absolute Gasteiger partial charge is 0.468 e. The summed E-state index contributed by atoms with van der Waals surface area (Å²) in [6, 6.07) is 0.208. The summed E-state index contributed by atoms with van der Waals surface area (Å²) in [6.07, 6.45) is 5.14. The smallest absolute Gasteiger partial charge is 0.323 e. The highest BCUT2D eigenvalue weighted by molar-refractivity contribution is 5.81. The summed E-state index contributed by atoms with van der Waals surface area (Å²) in [7, 11) is 1.42. The molecule has 0 radical (unpaired) electrons. The number of likely N-dealkylation sites (N-methyl/N-ethyl adjacent to an activating group) is 1. The molecule has 1 aliphatic heterocycles. The minimum absolute atomic E-state index is 0.154. The van der Waals surface area contributed by atoms with Crippen LogP contribution in [-0.2, 0) is 14.3 Å². The predicted octanol–water partition coefficient (Wildman–Crippen LogP) is 1.02. The van der Waals surface area contributed by atoms with Crippen molar-refractivity contribution in [1.82, 2.24) is 9.80 Å². The summed E-state index contributed by atoms with van der Waals surface area (Å²) in [4.78, 5) is 28.0. The van der Waals surface area contributed by atoms with Crippen LogP contribution in [0.5, 0.6) is 0 Å². The van der Waals surface area contributed by atoms with E-state index in [-0.39, 0.29) is 17.9 Å². The molecule has 108 valence electrons. The highest BCUT2D eigenvalue weighted by atomic mass is 16.5. The molecule has 2 fully saturated rings. The van der Waals surface area contributed by atoms with E-state index >= 15 is 0 Å². The van der Waals surface area contributed by atoms with Gasteiger partial charge in [-0.05, 0) is 39.2 Å². The van der Waals surface area contributed by atoms with Crippen molar-refractivity contribution in [2.45, 2.75) is 51.1 Å². The van der Waals surface area contributed by atoms with Crippen LogP contribution in [0.3, 0.4) is 0 Å². The normalized spacial score (nSPS) is 24.0. The molecule has 2 rings (SSSR count). The fourth-order valence-electron chi connectivity index (χ4n) is 2.87. The summed E-state index contributed by atoms with van der Waals surface area (Å²) < 4.78 is 4.84. The number of amides is 1. The maximum atomic E-state index is 12.3. The third-order valence-corrected chi connectivity index (χ3v) is 4.07. The van der Waals surface area contributed by atoms with E-state index in [1.807, 2.05) is 16.7 Å². The van der Waals surface area contributed by atoms with E-state index in [4.69, 9.17) is 4.74 Å². The number of carbonyl (C=O) groups is 2. The van der Waals surface area contributed by atoms with Gasteiger partial charge >= 0.3 is 5.97 Å². The zero-order chi connectivity index (χ0) is 13.8. The van der Waals surface area contributed by atoms with E-state index in [1.54, 1.807) is 0 Å². The lowest BCUT2D eigenvalue weighted by Gasteiger charge is -2.34. The van der Waals surface area contributed by atoms with Crippen molar-refractivity contribution >= 4 is 11.9 Å². The lowest BCUT2D eigenvalue weighted by molar-refractivity contribution is -0.149. The number of methoxy groups -OCH3 is 1. The molecule has 1 aliphatic carbocycles. The Hall–Kier alpha value is -1.10. The molecular formula is C14H24N2O3. The first-order valence-electron chi connectivity index (χ1n) is 7.28. The van der Waals surface area contributed by atoms with Crippen LogP contribution in [0.15, 0.2) is 0 Å². The van der Waals surface area contributed by atoms with Gasteiger partial charge in [0.2, 0.25) is 5.91 Å². The summed E-state index contributed by atoms with van der Waals surface area (Å²) in [5, 5.41) is 0. The summed E-state index contributed by atoms with van der Waals surface area (Å²) >= 11 is 0. The molecule has 1 saturated heterocycles. The average Bonchev–Trinajstić information content (AvgIpc) is 3.24. The van der Waals surface area contributed by atoms with Crippen molar-refractivity contribution in [1.29, 1.82) is 0 Å². The molecule has 5 nitrogen and oxygen atoms in total. The lowest BCUT2D eigenvalue weighted by Crippen LogP contribution is -2.50. The fourth-order valence-corrected chi connectivity index (χ4v) is 2.87. The van der Waals surface area contributed by atoms with Crippen LogP contribution >= 0.6 is 0 Å². The summed E-state index contributed by atoms with van der Waals surface area (Å²) in [6.45, 7) is 3.95. The van der Waals surface area contributed by atoms with E-state index in [9.17, 15) is 9.59 Å². The second-order valence-corrected chi connectivity index (χ2v) is 5.42. The maximum absolute atomic E-state index is 12.3. The number of carbonyl (C=O) groups excluding carboxylic acids is 2. The molecule has 0 aromatic carbocycles. The number of hydrogen-bond acceptors (Lipinski definition) is 4. The van der Waals surface area contributed by atoms with Gasteiger partial charge in [-0.15, -0.1) is 0 Å². The Morgan fingerprint density at radius 3 is 2.58 bits per heavy atom. The molecule has 0 bridgehead atoms. The Kier molecular flexibility index (Phi) is 4.80. The van der Waals surface area contributed by atoms with Gasteiger partial charge in [0.15, 0.2) is 0 Å². The molecule has 0 N–H and O–H groups in total. The van der Waals surface area contributed by atoms with Crippen LogP contribution in [0.25, 0.3) is 0 Å². The molecule has 1 atom stereocenters. The molecule has 1 amide bonds. The summed E-state index contributed by atoms with van der Waals surface area (Å²) in [5.41, 5.74) is 0. The van der Waals surface area contributed by atoms with E-state index in [0.717, 1.165) is 45.2 Å². The van der Waals surface area contributed by atoms with Gasteiger partial charge in [0.05, 0.1) is 13.7 Å². The fraction of sp³-hybridized carbons (Fsp3) is 0.857. The first-order chi connectivity index (χ1) is 9.17. The van der Waals surface area contributed by atoms with Crippen molar-refractivity contribution in [2.75, 3.05) is 26.7 Å². The molecule has 1 heterocycles. The highest BCUT2D eigenvalue weighted by Crippen LogP contribution is 2.27. The number of nitrogens with zero attached hydrogens (tertiary/aromatic N) is 2. The third-order valence-electron chi connectivity index (χ3n) is 4.07. The number of rotatable bonds is 5. The maximum Gasteiger partial charge on any atom is 0.323 e. The van der Waals surface area contributed by atoms with Crippen LogP contribution in [0, 0.1) is 0 Å². The van der Waals surface area contributed by atoms with Crippen molar-refractivity contribution < 1.29 is 14.3 Å². The zero-order valence-corrected chi connectivity index (χ0v) is 11.9. The number of piperidine rings is 1. The number of ether oxygens (including phenoxy) is 1. The van der Waals surface area contributed by atoms with Crippen LogP contribution in [0.4, 0.5) is 0 Å². The van der Waals surface area contributed by atoms with Crippen molar-refractivity contribution in [3.63, 3.8) is 0 Å². The molecule has 19 heavy (non-hydrogen) atoms. The predicted molar refractivity (Wildman–Crippen MR) is 71.6 cm³/mol. The second kappa shape index (κ2) is 6.37. The molecule has 2 aliphatic rings. The van der Waals surface area contributed by atoms with Crippen LogP contribution < -0.4 is 0 Å². The van der Waals surface area contributed by atoms with Crippen LogP contribution in [0.1, 0.15) is 39.0 Å². The molecule has 0 aromatic heterocycles. The standard InChI is InChI=1S/C14H24N2O3/c1-3-16(11-7-8-11)13(17)10-15-9-5-4-6-12(15)14(18)19-2/h11-12H,3-10H2,1-2H3. The quantitative estimate of drug-likeness (QED) is 0.699. The lowest BCUT2D eigenvalue weighted by atomic mass is 10.0. The number of likely N-dealkylation sites (tertiary alicyclic amines) is 1. The highest BCUT2D eigenvalue weighted by Gasteiger charge is 2.35. The third kappa shape index (κ3) is 3.47. The van der Waals surface area contributed by atoms with Crippen molar-refractivity contribution in [2.24, 2.45) is 0 Å². The molecule has 1 saturated carbocycles. The second-order valence-electron chi connectivity index (χ2n) is 5.42. The van der Waals surface area contributed by atoms with E-state index in [0.29, 0.717) is 12.6 Å². The molecule has 0 spiro atoms. The van der Waals surface area contributed by atoms with Gasteiger partial charge in [0.1, 0.15) is 6.04 Å². The topological polar surface area (TPSA) is 49.9 Å². The van der Waals surface area contributed by atoms with Gasteiger partial charge in [-0.2, -0.15) is 0 Å². The minimum atomic E-state index is -0.236. The molecular weight excluding hydrogens is 244 g/mol. The Labute approximate surface area is 114 Å². The summed E-state index contributed by atoms with van der Waals surface area (Å²) in [5.74, 6) is -0.0530. The Bertz CT molecular complexity index is 342. The van der Waals surface area contributed by atoms with E-state index in [2.05, 4.69) is 0 Å². The zero-order valence-electron chi connectivity index (χ0n) is 11.9. The minimum Gasteiger partial charge on any atom is -0.468 e.